The average molecular weight is 286 g/mol. The lowest BCUT2D eigenvalue weighted by Crippen LogP contribution is -2.45. The number of nitrogens with one attached hydrogen (secondary N) is 1. The minimum Gasteiger partial charge on any atom is -0.469 e. The van der Waals surface area contributed by atoms with E-state index in [2.05, 4.69) is 17.0 Å². The second kappa shape index (κ2) is 8.92. The fourth-order valence-corrected chi connectivity index (χ4v) is 2.28. The van der Waals surface area contributed by atoms with Gasteiger partial charge >= 0.3 is 5.97 Å². The summed E-state index contributed by atoms with van der Waals surface area (Å²) in [5, 5.41) is 3.35. The Morgan fingerprint density at radius 3 is 2.80 bits per heavy atom. The van der Waals surface area contributed by atoms with Gasteiger partial charge in [0, 0.05) is 26.1 Å². The average Bonchev–Trinajstić information content (AvgIpc) is 2.92. The Labute approximate surface area is 120 Å². The fourth-order valence-electron chi connectivity index (χ4n) is 2.28. The molecule has 1 aliphatic heterocycles. The summed E-state index contributed by atoms with van der Waals surface area (Å²) in [7, 11) is 3.14. The van der Waals surface area contributed by atoms with Gasteiger partial charge in [-0.3, -0.25) is 9.59 Å². The highest BCUT2D eigenvalue weighted by Crippen LogP contribution is 2.16. The molecule has 1 aliphatic rings. The number of carbonyl (C=O) groups is 2. The van der Waals surface area contributed by atoms with Crippen LogP contribution in [0.25, 0.3) is 0 Å². The van der Waals surface area contributed by atoms with E-state index in [1.165, 1.54) is 7.11 Å². The standard InChI is InChI=1S/C14H26N2O4/c1-4-7-15-12-10-20-9-11(12)14(18)16(2)8-5-6-13(17)19-3/h11-12,15H,4-10H2,1-3H3. The smallest absolute Gasteiger partial charge is 0.305 e. The number of esters is 1. The lowest BCUT2D eigenvalue weighted by Gasteiger charge is -2.24. The summed E-state index contributed by atoms with van der Waals surface area (Å²) >= 11 is 0. The maximum atomic E-state index is 12.4. The van der Waals surface area contributed by atoms with E-state index in [0.717, 1.165) is 13.0 Å². The Balaban J connectivity index is 2.37. The van der Waals surface area contributed by atoms with E-state index >= 15 is 0 Å². The van der Waals surface area contributed by atoms with E-state index in [-0.39, 0.29) is 23.8 Å². The topological polar surface area (TPSA) is 67.9 Å². The van der Waals surface area contributed by atoms with Gasteiger partial charge < -0.3 is 19.7 Å². The van der Waals surface area contributed by atoms with Crippen molar-refractivity contribution < 1.29 is 19.1 Å². The maximum absolute atomic E-state index is 12.4. The number of methoxy groups -OCH3 is 1. The predicted molar refractivity (Wildman–Crippen MR) is 75.3 cm³/mol. The Hall–Kier alpha value is -1.14. The first kappa shape index (κ1) is 16.9. The quantitative estimate of drug-likeness (QED) is 0.655. The third kappa shape index (κ3) is 5.09. The summed E-state index contributed by atoms with van der Waals surface area (Å²) in [5.74, 6) is -0.275. The molecular formula is C14H26N2O4. The minimum atomic E-state index is -0.238. The summed E-state index contributed by atoms with van der Waals surface area (Å²) in [6, 6.07) is 0.102. The number of ether oxygens (including phenoxy) is 2. The predicted octanol–water partition coefficient (Wildman–Crippen LogP) is 0.413. The molecule has 2 atom stereocenters. The van der Waals surface area contributed by atoms with Crippen LogP contribution in [0.3, 0.4) is 0 Å². The Morgan fingerprint density at radius 1 is 1.40 bits per heavy atom. The fraction of sp³-hybridized carbons (Fsp3) is 0.857. The van der Waals surface area contributed by atoms with E-state index in [0.29, 0.717) is 32.6 Å². The molecule has 0 saturated carbocycles. The van der Waals surface area contributed by atoms with Crippen molar-refractivity contribution in [2.45, 2.75) is 32.2 Å². The first-order valence-electron chi connectivity index (χ1n) is 7.23. The number of rotatable bonds is 8. The molecule has 1 fully saturated rings. The molecule has 20 heavy (non-hydrogen) atoms. The van der Waals surface area contributed by atoms with Crippen LogP contribution in [-0.4, -0.2) is 63.3 Å². The van der Waals surface area contributed by atoms with Crippen LogP contribution in [0.1, 0.15) is 26.2 Å². The number of amides is 1. The van der Waals surface area contributed by atoms with Gasteiger partial charge in [0.1, 0.15) is 0 Å². The number of hydrogen-bond acceptors (Lipinski definition) is 5. The second-order valence-electron chi connectivity index (χ2n) is 5.14. The molecule has 6 heteroatoms. The third-order valence-electron chi connectivity index (χ3n) is 3.53. The van der Waals surface area contributed by atoms with Gasteiger partial charge in [-0.25, -0.2) is 0 Å². The number of nitrogens with zero attached hydrogens (tertiary/aromatic N) is 1. The molecular weight excluding hydrogens is 260 g/mol. The Kier molecular flexibility index (Phi) is 7.54. The van der Waals surface area contributed by atoms with Crippen molar-refractivity contribution in [1.82, 2.24) is 10.2 Å². The monoisotopic (exact) mass is 286 g/mol. The van der Waals surface area contributed by atoms with Crippen molar-refractivity contribution in [3.8, 4) is 0 Å². The number of carbonyl (C=O) groups excluding carboxylic acids is 2. The third-order valence-corrected chi connectivity index (χ3v) is 3.53. The molecule has 0 spiro atoms. The van der Waals surface area contributed by atoms with Gasteiger partial charge in [0.05, 0.1) is 26.2 Å². The van der Waals surface area contributed by atoms with Crippen molar-refractivity contribution in [2.75, 3.05) is 40.5 Å². The first-order valence-corrected chi connectivity index (χ1v) is 7.23. The van der Waals surface area contributed by atoms with Gasteiger partial charge in [-0.1, -0.05) is 6.92 Å². The zero-order valence-electron chi connectivity index (χ0n) is 12.7. The van der Waals surface area contributed by atoms with E-state index < -0.39 is 0 Å². The number of hydrogen-bond donors (Lipinski definition) is 1. The van der Waals surface area contributed by atoms with Crippen molar-refractivity contribution >= 4 is 11.9 Å². The normalized spacial score (nSPS) is 21.8. The molecule has 0 aliphatic carbocycles. The van der Waals surface area contributed by atoms with Crippen molar-refractivity contribution in [3.05, 3.63) is 0 Å². The lowest BCUT2D eigenvalue weighted by molar-refractivity contribution is -0.141. The molecule has 0 aromatic heterocycles. The highest BCUT2D eigenvalue weighted by Gasteiger charge is 2.35. The van der Waals surface area contributed by atoms with E-state index in [1.54, 1.807) is 11.9 Å². The molecule has 1 heterocycles. The molecule has 0 radical (unpaired) electrons. The van der Waals surface area contributed by atoms with Gasteiger partial charge in [0.25, 0.3) is 0 Å². The summed E-state index contributed by atoms with van der Waals surface area (Å²) < 4.78 is 10.00. The Bertz CT molecular complexity index is 322. The summed E-state index contributed by atoms with van der Waals surface area (Å²) in [6.07, 6.45) is 1.99. The highest BCUT2D eigenvalue weighted by molar-refractivity contribution is 5.80. The molecule has 0 aromatic carbocycles. The molecule has 1 rings (SSSR count). The van der Waals surface area contributed by atoms with Gasteiger partial charge in [-0.15, -0.1) is 0 Å². The summed E-state index contributed by atoms with van der Waals surface area (Å²) in [6.45, 7) is 4.61. The van der Waals surface area contributed by atoms with Crippen molar-refractivity contribution in [1.29, 1.82) is 0 Å². The van der Waals surface area contributed by atoms with Crippen molar-refractivity contribution in [3.63, 3.8) is 0 Å². The lowest BCUT2D eigenvalue weighted by atomic mass is 10.0. The van der Waals surface area contributed by atoms with Crippen LogP contribution in [-0.2, 0) is 19.1 Å². The van der Waals surface area contributed by atoms with Crippen molar-refractivity contribution in [2.24, 2.45) is 5.92 Å². The van der Waals surface area contributed by atoms with Crippen LogP contribution in [0.4, 0.5) is 0 Å². The molecule has 116 valence electrons. The largest absolute Gasteiger partial charge is 0.469 e. The molecule has 1 saturated heterocycles. The van der Waals surface area contributed by atoms with Gasteiger partial charge in [-0.05, 0) is 19.4 Å². The minimum absolute atomic E-state index is 0.0842. The molecule has 0 aromatic rings. The van der Waals surface area contributed by atoms with E-state index in [9.17, 15) is 9.59 Å². The zero-order valence-corrected chi connectivity index (χ0v) is 12.7. The summed E-state index contributed by atoms with van der Waals surface area (Å²) in [5.41, 5.74) is 0. The van der Waals surface area contributed by atoms with Crippen LogP contribution in [0.15, 0.2) is 0 Å². The van der Waals surface area contributed by atoms with Gasteiger partial charge in [0.2, 0.25) is 5.91 Å². The zero-order chi connectivity index (χ0) is 15.0. The Morgan fingerprint density at radius 2 is 2.15 bits per heavy atom. The molecule has 6 nitrogen and oxygen atoms in total. The molecule has 1 amide bonds. The molecule has 2 unspecified atom stereocenters. The molecule has 0 bridgehead atoms. The maximum Gasteiger partial charge on any atom is 0.305 e. The van der Waals surface area contributed by atoms with E-state index in [1.807, 2.05) is 0 Å². The van der Waals surface area contributed by atoms with Crippen LogP contribution < -0.4 is 5.32 Å². The summed E-state index contributed by atoms with van der Waals surface area (Å²) in [4.78, 5) is 25.1. The van der Waals surface area contributed by atoms with Crippen LogP contribution in [0.5, 0.6) is 0 Å². The van der Waals surface area contributed by atoms with Gasteiger partial charge in [0.15, 0.2) is 0 Å². The van der Waals surface area contributed by atoms with Crippen LogP contribution in [0.2, 0.25) is 0 Å². The molecule has 1 N–H and O–H groups in total. The second-order valence-corrected chi connectivity index (χ2v) is 5.14. The van der Waals surface area contributed by atoms with Crippen LogP contribution in [0, 0.1) is 5.92 Å². The van der Waals surface area contributed by atoms with Gasteiger partial charge in [-0.2, -0.15) is 0 Å². The highest BCUT2D eigenvalue weighted by atomic mass is 16.5. The first-order chi connectivity index (χ1) is 9.60. The van der Waals surface area contributed by atoms with E-state index in [4.69, 9.17) is 4.74 Å². The van der Waals surface area contributed by atoms with Crippen LogP contribution >= 0.6 is 0 Å². The SMILES string of the molecule is CCCNC1COCC1C(=O)N(C)CCCC(=O)OC.